The lowest BCUT2D eigenvalue weighted by atomic mass is 9.76. The predicted octanol–water partition coefficient (Wildman–Crippen LogP) is 2.85. The summed E-state index contributed by atoms with van der Waals surface area (Å²) in [7, 11) is 0. The van der Waals surface area contributed by atoms with Gasteiger partial charge in [-0.15, -0.1) is 0 Å². The van der Waals surface area contributed by atoms with E-state index >= 15 is 0 Å². The van der Waals surface area contributed by atoms with Gasteiger partial charge in [0.1, 0.15) is 12.2 Å². The Bertz CT molecular complexity index is 1080. The lowest BCUT2D eigenvalue weighted by Crippen LogP contribution is -2.40. The summed E-state index contributed by atoms with van der Waals surface area (Å²) >= 11 is 6.00. The van der Waals surface area contributed by atoms with Crippen molar-refractivity contribution in [3.8, 4) is 0 Å². The second-order valence-corrected chi connectivity index (χ2v) is 8.33. The van der Waals surface area contributed by atoms with E-state index in [1.165, 1.54) is 4.90 Å². The number of nitrogens with zero attached hydrogens (tertiary/aromatic N) is 1. The largest absolute Gasteiger partial charge is 0.366 e. The number of fused-ring (bicyclic) bond motifs is 8. The summed E-state index contributed by atoms with van der Waals surface area (Å²) in [5.74, 6) is -1.46. The second-order valence-electron chi connectivity index (χ2n) is 7.90. The zero-order valence-corrected chi connectivity index (χ0v) is 16.2. The first-order chi connectivity index (χ1) is 14.0. The molecule has 0 aliphatic carbocycles. The minimum Gasteiger partial charge on any atom is -0.366 e. The molecule has 4 aliphatic heterocycles. The highest BCUT2D eigenvalue weighted by Crippen LogP contribution is 2.55. The third-order valence-electron chi connectivity index (χ3n) is 6.29. The van der Waals surface area contributed by atoms with Gasteiger partial charge >= 0.3 is 0 Å². The average Bonchev–Trinajstić information content (AvgIpc) is 3.44. The summed E-state index contributed by atoms with van der Waals surface area (Å²) in [6, 6.07) is 14.8. The van der Waals surface area contributed by atoms with Crippen LogP contribution < -0.4 is 10.4 Å². The Morgan fingerprint density at radius 3 is 2.34 bits per heavy atom. The molecule has 0 saturated carbocycles. The summed E-state index contributed by atoms with van der Waals surface area (Å²) in [5, 5.41) is 0.643. The normalized spacial score (nSPS) is 32.1. The monoisotopic (exact) mass is 408 g/mol. The molecule has 3 fully saturated rings. The van der Waals surface area contributed by atoms with E-state index < -0.39 is 24.0 Å². The maximum atomic E-state index is 13.3. The number of carbonyl (C=O) groups excluding carboxylic acids is 2. The molecule has 7 heteroatoms. The molecule has 0 aromatic heterocycles. The van der Waals surface area contributed by atoms with Crippen LogP contribution in [0.4, 0.5) is 5.69 Å². The number of ether oxygens (including phenoxy) is 1. The van der Waals surface area contributed by atoms with Crippen LogP contribution in [0.25, 0.3) is 5.70 Å². The van der Waals surface area contributed by atoms with Crippen molar-refractivity contribution in [1.29, 1.82) is 0 Å². The van der Waals surface area contributed by atoms with Crippen LogP contribution in [-0.4, -0.2) is 30.1 Å². The Labute approximate surface area is 172 Å². The number of benzene rings is 2. The molecule has 4 heterocycles. The van der Waals surface area contributed by atoms with E-state index in [-0.39, 0.29) is 17.9 Å². The zero-order chi connectivity index (χ0) is 19.9. The summed E-state index contributed by atoms with van der Waals surface area (Å²) in [6.07, 6.45) is -1.31. The number of imide groups is 1. The maximum absolute atomic E-state index is 13.3. The van der Waals surface area contributed by atoms with E-state index in [0.717, 1.165) is 22.4 Å². The molecule has 3 saturated heterocycles. The molecule has 4 aliphatic rings. The number of carbonyl (C=O) groups is 2. The van der Waals surface area contributed by atoms with E-state index in [9.17, 15) is 9.59 Å². The molecule has 0 radical (unpaired) electrons. The van der Waals surface area contributed by atoms with E-state index in [4.69, 9.17) is 21.2 Å². The minimum atomic E-state index is -0.522. The quantitative estimate of drug-likeness (QED) is 0.774. The average molecular weight is 409 g/mol. The first-order valence-electron chi connectivity index (χ1n) is 9.56. The topological polar surface area (TPSA) is 67.9 Å². The Kier molecular flexibility index (Phi) is 3.51. The molecule has 2 bridgehead atoms. The fourth-order valence-corrected chi connectivity index (χ4v) is 5.09. The van der Waals surface area contributed by atoms with Gasteiger partial charge in [0.2, 0.25) is 11.8 Å². The molecule has 1 N–H and O–H groups in total. The number of anilines is 1. The van der Waals surface area contributed by atoms with Crippen LogP contribution in [0, 0.1) is 18.8 Å². The fourth-order valence-electron chi connectivity index (χ4n) is 4.97. The molecule has 0 unspecified atom stereocenters. The molecule has 0 spiro atoms. The Balaban J connectivity index is 1.40. The van der Waals surface area contributed by atoms with Crippen molar-refractivity contribution in [3.05, 3.63) is 70.3 Å². The number of hydrogen-bond donors (Lipinski definition) is 1. The lowest BCUT2D eigenvalue weighted by Gasteiger charge is -2.22. The third-order valence-corrected chi connectivity index (χ3v) is 6.55. The van der Waals surface area contributed by atoms with Gasteiger partial charge in [0, 0.05) is 16.2 Å². The van der Waals surface area contributed by atoms with Gasteiger partial charge in [-0.1, -0.05) is 41.4 Å². The highest BCUT2D eigenvalue weighted by molar-refractivity contribution is 6.30. The fraction of sp³-hybridized carbons (Fsp3) is 0.273. The van der Waals surface area contributed by atoms with Crippen molar-refractivity contribution in [2.24, 2.45) is 11.8 Å². The summed E-state index contributed by atoms with van der Waals surface area (Å²) in [6.45, 7) is 1.97. The van der Waals surface area contributed by atoms with Gasteiger partial charge < -0.3 is 4.74 Å². The standard InChI is InChI=1S/C22H17ClN2O4/c1-10-2-8-13(9-3-10)25-21(26)14-15(22(25)27)19-20-16(18(14)28-19)17(24-29-20)11-4-6-12(23)7-5-11/h2-9,14-15,18-20,24H,1H3/t14-,15+,18+,19-,20+/m0/s1. The number of amides is 2. The van der Waals surface area contributed by atoms with Crippen molar-refractivity contribution in [3.63, 3.8) is 0 Å². The Morgan fingerprint density at radius 1 is 0.931 bits per heavy atom. The number of aryl methyl sites for hydroxylation is 1. The Hall–Kier alpha value is -2.67. The molecular weight excluding hydrogens is 392 g/mol. The molecule has 2 amide bonds. The van der Waals surface area contributed by atoms with Crippen LogP contribution in [0.3, 0.4) is 0 Å². The van der Waals surface area contributed by atoms with Crippen LogP contribution in [0.5, 0.6) is 0 Å². The van der Waals surface area contributed by atoms with Crippen molar-refractivity contribution in [1.82, 2.24) is 5.48 Å². The SMILES string of the molecule is Cc1ccc(N2C(=O)[C@H]3[C@@H]4O[C@@H](C5=C(c6ccc(Cl)cc6)NO[C@H]54)[C@H]3C2=O)cc1. The van der Waals surface area contributed by atoms with Crippen molar-refractivity contribution in [2.45, 2.75) is 25.2 Å². The summed E-state index contributed by atoms with van der Waals surface area (Å²) in [4.78, 5) is 33.5. The summed E-state index contributed by atoms with van der Waals surface area (Å²) < 4.78 is 6.11. The van der Waals surface area contributed by atoms with Gasteiger partial charge in [0.15, 0.2) is 0 Å². The van der Waals surface area contributed by atoms with E-state index in [1.807, 2.05) is 43.3 Å². The second kappa shape index (κ2) is 5.92. The molecule has 2 aromatic carbocycles. The van der Waals surface area contributed by atoms with Crippen molar-refractivity contribution >= 4 is 34.8 Å². The number of halogens is 1. The van der Waals surface area contributed by atoms with Crippen LogP contribution in [0.2, 0.25) is 5.02 Å². The van der Waals surface area contributed by atoms with Gasteiger partial charge in [-0.3, -0.25) is 19.9 Å². The first kappa shape index (κ1) is 17.2. The predicted molar refractivity (Wildman–Crippen MR) is 106 cm³/mol. The number of hydrogen-bond acceptors (Lipinski definition) is 5. The Morgan fingerprint density at radius 2 is 1.62 bits per heavy atom. The smallest absolute Gasteiger partial charge is 0.240 e. The van der Waals surface area contributed by atoms with Gasteiger partial charge in [-0.25, -0.2) is 4.90 Å². The van der Waals surface area contributed by atoms with E-state index in [1.54, 1.807) is 12.1 Å². The molecular formula is C22H17ClN2O4. The number of rotatable bonds is 2. The van der Waals surface area contributed by atoms with Crippen LogP contribution in [0.1, 0.15) is 11.1 Å². The summed E-state index contributed by atoms with van der Waals surface area (Å²) in [5.41, 5.74) is 7.28. The molecule has 2 aromatic rings. The first-order valence-corrected chi connectivity index (χ1v) is 9.94. The van der Waals surface area contributed by atoms with Gasteiger partial charge in [-0.2, -0.15) is 0 Å². The highest BCUT2D eigenvalue weighted by atomic mass is 35.5. The minimum absolute atomic E-state index is 0.204. The maximum Gasteiger partial charge on any atom is 0.240 e. The van der Waals surface area contributed by atoms with Crippen molar-refractivity contribution in [2.75, 3.05) is 4.90 Å². The molecule has 6 nitrogen and oxygen atoms in total. The van der Waals surface area contributed by atoms with Gasteiger partial charge in [0.05, 0.1) is 29.3 Å². The van der Waals surface area contributed by atoms with Gasteiger partial charge in [0.25, 0.3) is 0 Å². The molecule has 146 valence electrons. The number of nitrogens with one attached hydrogen (secondary N) is 1. The van der Waals surface area contributed by atoms with E-state index in [2.05, 4.69) is 5.48 Å². The number of hydroxylamine groups is 1. The highest BCUT2D eigenvalue weighted by Gasteiger charge is 2.69. The molecule has 5 atom stereocenters. The third kappa shape index (κ3) is 2.25. The lowest BCUT2D eigenvalue weighted by molar-refractivity contribution is -0.126. The van der Waals surface area contributed by atoms with Gasteiger partial charge in [-0.05, 0) is 31.2 Å². The molecule has 29 heavy (non-hydrogen) atoms. The zero-order valence-electron chi connectivity index (χ0n) is 15.5. The molecule has 6 rings (SSSR count). The van der Waals surface area contributed by atoms with Crippen LogP contribution in [0.15, 0.2) is 54.1 Å². The van der Waals surface area contributed by atoms with Crippen LogP contribution in [-0.2, 0) is 19.2 Å². The van der Waals surface area contributed by atoms with Crippen molar-refractivity contribution < 1.29 is 19.2 Å². The van der Waals surface area contributed by atoms with Crippen LogP contribution >= 0.6 is 11.6 Å². The van der Waals surface area contributed by atoms with E-state index in [0.29, 0.717) is 10.7 Å².